The van der Waals surface area contributed by atoms with Crippen LogP contribution >= 0.6 is 24.0 Å². The average molecular weight is 329 g/mol. The number of aromatic nitrogens is 3. The zero-order valence-corrected chi connectivity index (χ0v) is 14.2. The SMILES string of the molecule is CCn1nc(C)c2c(Cl)c(CN3CCCCC3)cnc21.Cl. The Kier molecular flexibility index (Phi) is 5.47. The van der Waals surface area contributed by atoms with Crippen molar-refractivity contribution >= 4 is 35.0 Å². The van der Waals surface area contributed by atoms with Crippen LogP contribution in [0.2, 0.25) is 5.02 Å². The predicted octanol–water partition coefficient (Wildman–Crippen LogP) is 3.82. The molecule has 0 atom stereocenters. The molecule has 3 heterocycles. The Morgan fingerprint density at radius 1 is 1.24 bits per heavy atom. The van der Waals surface area contributed by atoms with E-state index in [-0.39, 0.29) is 12.4 Å². The Balaban J connectivity index is 0.00000161. The number of fused-ring (bicyclic) bond motifs is 1. The molecule has 2 aromatic rings. The van der Waals surface area contributed by atoms with E-state index in [0.29, 0.717) is 0 Å². The molecule has 0 amide bonds. The zero-order chi connectivity index (χ0) is 14.1. The molecule has 21 heavy (non-hydrogen) atoms. The fraction of sp³-hybridized carbons (Fsp3) is 0.600. The maximum Gasteiger partial charge on any atom is 0.159 e. The summed E-state index contributed by atoms with van der Waals surface area (Å²) in [4.78, 5) is 7.06. The molecular formula is C15H22Cl2N4. The molecule has 2 aromatic heterocycles. The van der Waals surface area contributed by atoms with Crippen LogP contribution in [0.15, 0.2) is 6.20 Å². The average Bonchev–Trinajstić information content (AvgIpc) is 2.80. The smallest absolute Gasteiger partial charge is 0.159 e. The van der Waals surface area contributed by atoms with Gasteiger partial charge in [-0.05, 0) is 39.8 Å². The van der Waals surface area contributed by atoms with Crippen molar-refractivity contribution in [3.8, 4) is 0 Å². The lowest BCUT2D eigenvalue weighted by Crippen LogP contribution is -2.29. The summed E-state index contributed by atoms with van der Waals surface area (Å²) in [6.45, 7) is 8.14. The number of nitrogens with zero attached hydrogens (tertiary/aromatic N) is 4. The quantitative estimate of drug-likeness (QED) is 0.858. The molecule has 6 heteroatoms. The zero-order valence-electron chi connectivity index (χ0n) is 12.6. The van der Waals surface area contributed by atoms with E-state index in [1.54, 1.807) is 0 Å². The topological polar surface area (TPSA) is 34.0 Å². The lowest BCUT2D eigenvalue weighted by atomic mass is 10.1. The maximum absolute atomic E-state index is 6.62. The van der Waals surface area contributed by atoms with Gasteiger partial charge in [0.25, 0.3) is 0 Å². The van der Waals surface area contributed by atoms with Crippen molar-refractivity contribution < 1.29 is 0 Å². The van der Waals surface area contributed by atoms with Crippen molar-refractivity contribution in [1.29, 1.82) is 0 Å². The second-order valence-electron chi connectivity index (χ2n) is 5.53. The van der Waals surface area contributed by atoms with Gasteiger partial charge in [-0.3, -0.25) is 4.90 Å². The lowest BCUT2D eigenvalue weighted by molar-refractivity contribution is 0.221. The molecule has 1 fully saturated rings. The van der Waals surface area contributed by atoms with Crippen LogP contribution in [0.4, 0.5) is 0 Å². The van der Waals surface area contributed by atoms with Crippen LogP contribution in [0.1, 0.15) is 37.4 Å². The summed E-state index contributed by atoms with van der Waals surface area (Å²) in [5.41, 5.74) is 3.00. The fourth-order valence-corrected chi connectivity index (χ4v) is 3.33. The molecule has 0 aliphatic carbocycles. The third kappa shape index (κ3) is 3.17. The second kappa shape index (κ2) is 6.95. The first-order valence-corrected chi connectivity index (χ1v) is 7.81. The van der Waals surface area contributed by atoms with Gasteiger partial charge >= 0.3 is 0 Å². The molecule has 0 spiro atoms. The van der Waals surface area contributed by atoms with Crippen molar-refractivity contribution in [2.75, 3.05) is 13.1 Å². The van der Waals surface area contributed by atoms with Gasteiger partial charge in [0, 0.05) is 24.8 Å². The van der Waals surface area contributed by atoms with E-state index < -0.39 is 0 Å². The first kappa shape index (κ1) is 16.5. The summed E-state index contributed by atoms with van der Waals surface area (Å²) in [6, 6.07) is 0. The summed E-state index contributed by atoms with van der Waals surface area (Å²) in [7, 11) is 0. The molecule has 4 nitrogen and oxygen atoms in total. The van der Waals surface area contributed by atoms with Crippen molar-refractivity contribution in [2.24, 2.45) is 0 Å². The van der Waals surface area contributed by atoms with Gasteiger partial charge in [-0.15, -0.1) is 12.4 Å². The van der Waals surface area contributed by atoms with Crippen LogP contribution < -0.4 is 0 Å². The van der Waals surface area contributed by atoms with E-state index in [1.807, 2.05) is 17.8 Å². The van der Waals surface area contributed by atoms with E-state index in [4.69, 9.17) is 11.6 Å². The number of hydrogen-bond acceptors (Lipinski definition) is 3. The van der Waals surface area contributed by atoms with Gasteiger partial charge in [0.2, 0.25) is 0 Å². The molecule has 1 saturated heterocycles. The second-order valence-corrected chi connectivity index (χ2v) is 5.91. The van der Waals surface area contributed by atoms with Crippen molar-refractivity contribution in [3.63, 3.8) is 0 Å². The summed E-state index contributed by atoms with van der Waals surface area (Å²) in [5, 5.41) is 6.36. The highest BCUT2D eigenvalue weighted by atomic mass is 35.5. The number of likely N-dealkylation sites (tertiary alicyclic amines) is 1. The number of halogens is 2. The van der Waals surface area contributed by atoms with Crippen LogP contribution in [0.5, 0.6) is 0 Å². The van der Waals surface area contributed by atoms with Crippen molar-refractivity contribution in [1.82, 2.24) is 19.7 Å². The van der Waals surface area contributed by atoms with Gasteiger partial charge in [-0.25, -0.2) is 9.67 Å². The Labute approximate surface area is 136 Å². The minimum atomic E-state index is 0. The largest absolute Gasteiger partial charge is 0.299 e. The third-order valence-electron chi connectivity index (χ3n) is 4.09. The summed E-state index contributed by atoms with van der Waals surface area (Å²) in [5.74, 6) is 0. The summed E-state index contributed by atoms with van der Waals surface area (Å²) >= 11 is 6.62. The first-order chi connectivity index (χ1) is 9.70. The van der Waals surface area contributed by atoms with Crippen LogP contribution in [0, 0.1) is 6.92 Å². The Bertz CT molecular complexity index is 618. The molecule has 1 aliphatic heterocycles. The Morgan fingerprint density at radius 3 is 2.62 bits per heavy atom. The molecule has 0 aromatic carbocycles. The number of rotatable bonds is 3. The summed E-state index contributed by atoms with van der Waals surface area (Å²) in [6.07, 6.45) is 5.86. The Hall–Kier alpha value is -0.840. The van der Waals surface area contributed by atoms with E-state index >= 15 is 0 Å². The fourth-order valence-electron chi connectivity index (χ4n) is 3.00. The highest BCUT2D eigenvalue weighted by Crippen LogP contribution is 2.29. The number of pyridine rings is 1. The standard InChI is InChI=1S/C15H21ClN4.ClH/c1-3-20-15-13(11(2)18-20)14(16)12(9-17-15)10-19-7-5-4-6-8-19;/h9H,3-8,10H2,1-2H3;1H. The molecule has 3 rings (SSSR count). The minimum Gasteiger partial charge on any atom is -0.299 e. The molecule has 116 valence electrons. The third-order valence-corrected chi connectivity index (χ3v) is 4.52. The monoisotopic (exact) mass is 328 g/mol. The first-order valence-electron chi connectivity index (χ1n) is 7.43. The van der Waals surface area contributed by atoms with Gasteiger partial charge in [0.05, 0.1) is 16.1 Å². The molecule has 0 bridgehead atoms. The highest BCUT2D eigenvalue weighted by Gasteiger charge is 2.17. The van der Waals surface area contributed by atoms with Crippen LogP contribution in [0.25, 0.3) is 11.0 Å². The van der Waals surface area contributed by atoms with E-state index in [2.05, 4.69) is 21.9 Å². The summed E-state index contributed by atoms with van der Waals surface area (Å²) < 4.78 is 1.92. The van der Waals surface area contributed by atoms with Gasteiger partial charge in [0.1, 0.15) is 0 Å². The normalized spacial score (nSPS) is 16.1. The van der Waals surface area contributed by atoms with Crippen LogP contribution in [0.3, 0.4) is 0 Å². The van der Waals surface area contributed by atoms with Gasteiger partial charge in [-0.2, -0.15) is 5.10 Å². The van der Waals surface area contributed by atoms with Crippen molar-refractivity contribution in [3.05, 3.63) is 22.5 Å². The van der Waals surface area contributed by atoms with E-state index in [1.165, 1.54) is 32.4 Å². The Morgan fingerprint density at radius 2 is 1.95 bits per heavy atom. The van der Waals surface area contributed by atoms with Gasteiger partial charge in [0.15, 0.2) is 5.65 Å². The van der Waals surface area contributed by atoms with Gasteiger partial charge < -0.3 is 0 Å². The van der Waals surface area contributed by atoms with Gasteiger partial charge in [-0.1, -0.05) is 18.0 Å². The molecule has 0 saturated carbocycles. The molecule has 1 aliphatic rings. The molecule has 0 N–H and O–H groups in total. The van der Waals surface area contributed by atoms with Crippen LogP contribution in [-0.2, 0) is 13.1 Å². The maximum atomic E-state index is 6.62. The molecule has 0 radical (unpaired) electrons. The highest BCUT2D eigenvalue weighted by molar-refractivity contribution is 6.36. The molecular weight excluding hydrogens is 307 g/mol. The number of hydrogen-bond donors (Lipinski definition) is 0. The van der Waals surface area contributed by atoms with E-state index in [9.17, 15) is 0 Å². The van der Waals surface area contributed by atoms with Crippen LogP contribution in [-0.4, -0.2) is 32.8 Å². The lowest BCUT2D eigenvalue weighted by Gasteiger charge is -2.26. The number of aryl methyl sites for hydroxylation is 2. The van der Waals surface area contributed by atoms with Crippen molar-refractivity contribution in [2.45, 2.75) is 46.2 Å². The molecule has 0 unspecified atom stereocenters. The van der Waals surface area contributed by atoms with E-state index in [0.717, 1.165) is 40.4 Å². The number of piperidine rings is 1. The minimum absolute atomic E-state index is 0. The predicted molar refractivity (Wildman–Crippen MR) is 89.3 cm³/mol.